The van der Waals surface area contributed by atoms with E-state index in [-0.39, 0.29) is 18.1 Å². The number of rotatable bonds is 1. The lowest BCUT2D eigenvalue weighted by Gasteiger charge is -2.36. The van der Waals surface area contributed by atoms with Crippen LogP contribution >= 0.6 is 0 Å². The first kappa shape index (κ1) is 10.9. The first-order chi connectivity index (χ1) is 7.29. The zero-order valence-corrected chi connectivity index (χ0v) is 9.07. The molecule has 0 aliphatic carbocycles. The molecule has 0 bridgehead atoms. The monoisotopic (exact) mass is 214 g/mol. The number of hydrogen-bond donors (Lipinski definition) is 1. The lowest BCUT2D eigenvalue weighted by Crippen LogP contribution is -2.55. The minimum Gasteiger partial charge on any atom is -0.377 e. The van der Waals surface area contributed by atoms with E-state index < -0.39 is 0 Å². The number of amides is 1. The summed E-state index contributed by atoms with van der Waals surface area (Å²) in [6.07, 6.45) is -0.306. The third kappa shape index (κ3) is 2.48. The van der Waals surface area contributed by atoms with Crippen molar-refractivity contribution in [2.45, 2.75) is 19.1 Å². The van der Waals surface area contributed by atoms with E-state index in [1.54, 1.807) is 0 Å². The van der Waals surface area contributed by atoms with Gasteiger partial charge in [-0.2, -0.15) is 0 Å². The Morgan fingerprint density at radius 2 is 2.33 bits per heavy atom. The molecule has 5 heteroatoms. The molecular weight excluding hydrogens is 196 g/mol. The Kier molecular flexibility index (Phi) is 3.56. The average Bonchev–Trinajstić information content (AvgIpc) is 2.30. The highest BCUT2D eigenvalue weighted by atomic mass is 16.5. The van der Waals surface area contributed by atoms with Crippen LogP contribution in [0.4, 0.5) is 0 Å². The third-order valence-corrected chi connectivity index (χ3v) is 2.85. The quantitative estimate of drug-likeness (QED) is 0.622. The summed E-state index contributed by atoms with van der Waals surface area (Å²) in [6.45, 7) is 6.04. The molecule has 1 unspecified atom stereocenters. The number of nitrogens with zero attached hydrogens (tertiary/aromatic N) is 1. The van der Waals surface area contributed by atoms with Crippen LogP contribution in [0.2, 0.25) is 0 Å². The van der Waals surface area contributed by atoms with Gasteiger partial charge in [0, 0.05) is 19.6 Å². The van der Waals surface area contributed by atoms with Gasteiger partial charge in [0.25, 0.3) is 5.91 Å². The SMILES string of the molecule is CC1COCCN1C(=O)[C@H]1CNCCO1. The molecule has 1 amide bonds. The van der Waals surface area contributed by atoms with Crippen molar-refractivity contribution in [1.82, 2.24) is 10.2 Å². The molecule has 1 N–H and O–H groups in total. The molecule has 2 fully saturated rings. The molecule has 2 aliphatic heterocycles. The molecule has 0 saturated carbocycles. The lowest BCUT2D eigenvalue weighted by molar-refractivity contribution is -0.153. The fourth-order valence-corrected chi connectivity index (χ4v) is 1.96. The molecule has 2 aliphatic rings. The van der Waals surface area contributed by atoms with Crippen molar-refractivity contribution in [2.75, 3.05) is 39.5 Å². The van der Waals surface area contributed by atoms with Crippen LogP contribution in [0.1, 0.15) is 6.92 Å². The van der Waals surface area contributed by atoms with Gasteiger partial charge in [0.2, 0.25) is 0 Å². The largest absolute Gasteiger partial charge is 0.377 e. The van der Waals surface area contributed by atoms with E-state index in [0.29, 0.717) is 32.9 Å². The molecule has 2 atom stereocenters. The molecule has 15 heavy (non-hydrogen) atoms. The molecular formula is C10H18N2O3. The van der Waals surface area contributed by atoms with Crippen molar-refractivity contribution in [3.8, 4) is 0 Å². The minimum absolute atomic E-state index is 0.0954. The molecule has 5 nitrogen and oxygen atoms in total. The second-order valence-electron chi connectivity index (χ2n) is 4.02. The molecule has 2 saturated heterocycles. The Balaban J connectivity index is 1.92. The van der Waals surface area contributed by atoms with E-state index in [4.69, 9.17) is 9.47 Å². The Labute approximate surface area is 89.7 Å². The summed E-state index contributed by atoms with van der Waals surface area (Å²) < 4.78 is 10.7. The van der Waals surface area contributed by atoms with Gasteiger partial charge in [-0.15, -0.1) is 0 Å². The zero-order valence-electron chi connectivity index (χ0n) is 9.07. The van der Waals surface area contributed by atoms with E-state index in [0.717, 1.165) is 6.54 Å². The highest BCUT2D eigenvalue weighted by molar-refractivity contribution is 5.81. The van der Waals surface area contributed by atoms with Crippen molar-refractivity contribution in [3.63, 3.8) is 0 Å². The maximum atomic E-state index is 12.1. The van der Waals surface area contributed by atoms with Crippen molar-refractivity contribution in [1.29, 1.82) is 0 Å². The van der Waals surface area contributed by atoms with Crippen molar-refractivity contribution < 1.29 is 14.3 Å². The fraction of sp³-hybridized carbons (Fsp3) is 0.900. The molecule has 0 aromatic carbocycles. The Morgan fingerprint density at radius 1 is 1.47 bits per heavy atom. The van der Waals surface area contributed by atoms with Gasteiger partial charge in [-0.05, 0) is 6.92 Å². The predicted molar refractivity (Wildman–Crippen MR) is 54.6 cm³/mol. The van der Waals surface area contributed by atoms with Gasteiger partial charge in [0.05, 0.1) is 25.9 Å². The highest BCUT2D eigenvalue weighted by Gasteiger charge is 2.31. The highest BCUT2D eigenvalue weighted by Crippen LogP contribution is 2.10. The van der Waals surface area contributed by atoms with E-state index in [1.807, 2.05) is 11.8 Å². The van der Waals surface area contributed by atoms with Crippen LogP contribution in [0.5, 0.6) is 0 Å². The summed E-state index contributed by atoms with van der Waals surface area (Å²) in [6, 6.07) is 0.164. The van der Waals surface area contributed by atoms with Gasteiger partial charge in [0.15, 0.2) is 0 Å². The van der Waals surface area contributed by atoms with E-state index in [2.05, 4.69) is 5.32 Å². The summed E-state index contributed by atoms with van der Waals surface area (Å²) in [5.41, 5.74) is 0. The van der Waals surface area contributed by atoms with Gasteiger partial charge in [0.1, 0.15) is 6.10 Å². The molecule has 0 spiro atoms. The molecule has 0 radical (unpaired) electrons. The topological polar surface area (TPSA) is 50.8 Å². The first-order valence-electron chi connectivity index (χ1n) is 5.49. The summed E-state index contributed by atoms with van der Waals surface area (Å²) in [5, 5.41) is 3.17. The van der Waals surface area contributed by atoms with Crippen LogP contribution in [0, 0.1) is 0 Å². The van der Waals surface area contributed by atoms with Crippen LogP contribution in [-0.2, 0) is 14.3 Å². The first-order valence-corrected chi connectivity index (χ1v) is 5.49. The summed E-state index contributed by atoms with van der Waals surface area (Å²) in [7, 11) is 0. The maximum absolute atomic E-state index is 12.1. The molecule has 2 rings (SSSR count). The van der Waals surface area contributed by atoms with Crippen molar-refractivity contribution in [3.05, 3.63) is 0 Å². The Bertz CT molecular complexity index is 229. The van der Waals surface area contributed by atoms with Gasteiger partial charge >= 0.3 is 0 Å². The number of hydrogen-bond acceptors (Lipinski definition) is 4. The second kappa shape index (κ2) is 4.92. The lowest BCUT2D eigenvalue weighted by atomic mass is 10.2. The van der Waals surface area contributed by atoms with Gasteiger partial charge in [-0.3, -0.25) is 4.79 Å². The van der Waals surface area contributed by atoms with E-state index >= 15 is 0 Å². The van der Waals surface area contributed by atoms with Crippen LogP contribution in [-0.4, -0.2) is 62.4 Å². The number of morpholine rings is 2. The number of nitrogens with one attached hydrogen (secondary N) is 1. The zero-order chi connectivity index (χ0) is 10.7. The summed E-state index contributed by atoms with van der Waals surface area (Å²) in [5.74, 6) is 0.0954. The molecule has 0 aromatic heterocycles. The number of carbonyl (C=O) groups is 1. The second-order valence-corrected chi connectivity index (χ2v) is 4.02. The smallest absolute Gasteiger partial charge is 0.253 e. The standard InChI is InChI=1S/C10H18N2O3/c1-8-7-14-5-3-12(8)10(13)9-6-11-2-4-15-9/h8-9,11H,2-7H2,1H3/t8?,9-/m1/s1. The van der Waals surface area contributed by atoms with Crippen LogP contribution < -0.4 is 5.32 Å². The predicted octanol–water partition coefficient (Wildman–Crippen LogP) is -0.778. The van der Waals surface area contributed by atoms with Gasteiger partial charge in [-0.1, -0.05) is 0 Å². The fourth-order valence-electron chi connectivity index (χ4n) is 1.96. The number of carbonyl (C=O) groups excluding carboxylic acids is 1. The third-order valence-electron chi connectivity index (χ3n) is 2.85. The van der Waals surface area contributed by atoms with Crippen molar-refractivity contribution >= 4 is 5.91 Å². The van der Waals surface area contributed by atoms with Crippen LogP contribution in [0.25, 0.3) is 0 Å². The summed E-state index contributed by atoms with van der Waals surface area (Å²) in [4.78, 5) is 13.9. The van der Waals surface area contributed by atoms with Crippen LogP contribution in [0.3, 0.4) is 0 Å². The van der Waals surface area contributed by atoms with E-state index in [1.165, 1.54) is 0 Å². The molecule has 2 heterocycles. The average molecular weight is 214 g/mol. The minimum atomic E-state index is -0.306. The Hall–Kier alpha value is -0.650. The Morgan fingerprint density at radius 3 is 3.00 bits per heavy atom. The van der Waals surface area contributed by atoms with Gasteiger partial charge < -0.3 is 19.7 Å². The van der Waals surface area contributed by atoms with Crippen LogP contribution in [0.15, 0.2) is 0 Å². The summed E-state index contributed by atoms with van der Waals surface area (Å²) >= 11 is 0. The van der Waals surface area contributed by atoms with Gasteiger partial charge in [-0.25, -0.2) is 0 Å². The normalized spacial score (nSPS) is 32.7. The van der Waals surface area contributed by atoms with Crippen molar-refractivity contribution in [2.24, 2.45) is 0 Å². The molecule has 86 valence electrons. The maximum Gasteiger partial charge on any atom is 0.253 e. The molecule has 0 aromatic rings. The van der Waals surface area contributed by atoms with E-state index in [9.17, 15) is 4.79 Å². The number of ether oxygens (including phenoxy) is 2.